The maximum absolute atomic E-state index is 12.6. The molecule has 1 aromatic heterocycles. The zero-order valence-electron chi connectivity index (χ0n) is 12.5. The highest BCUT2D eigenvalue weighted by Crippen LogP contribution is 2.36. The second-order valence-corrected chi connectivity index (χ2v) is 5.64. The SMILES string of the molecule is CCN(CCOC)C(=O)c1sc2cc(OC)ccc2c1N. The Kier molecular flexibility index (Phi) is 5.03. The van der Waals surface area contributed by atoms with Crippen molar-refractivity contribution >= 4 is 33.0 Å². The van der Waals surface area contributed by atoms with E-state index < -0.39 is 0 Å². The quantitative estimate of drug-likeness (QED) is 0.891. The average molecular weight is 308 g/mol. The Bertz CT molecular complexity index is 639. The molecular formula is C15H20N2O3S. The molecule has 2 aromatic rings. The second kappa shape index (κ2) is 6.78. The van der Waals surface area contributed by atoms with Crippen molar-refractivity contribution in [3.63, 3.8) is 0 Å². The van der Waals surface area contributed by atoms with E-state index in [4.69, 9.17) is 15.2 Å². The number of nitrogen functional groups attached to an aromatic ring is 1. The molecule has 0 bridgehead atoms. The Balaban J connectivity index is 2.36. The number of benzene rings is 1. The summed E-state index contributed by atoms with van der Waals surface area (Å²) in [5.41, 5.74) is 6.68. The Morgan fingerprint density at radius 1 is 1.38 bits per heavy atom. The standard InChI is InChI=1S/C15H20N2O3S/c1-4-17(7-8-19-2)15(18)14-13(16)11-6-5-10(20-3)9-12(11)21-14/h5-6,9H,4,7-8,16H2,1-3H3. The maximum atomic E-state index is 12.6. The smallest absolute Gasteiger partial charge is 0.266 e. The predicted octanol–water partition coefficient (Wildman–Crippen LogP) is 2.60. The number of likely N-dealkylation sites (N-methyl/N-ethyl adjacent to an activating group) is 1. The number of amides is 1. The number of fused-ring (bicyclic) bond motifs is 1. The number of ether oxygens (including phenoxy) is 2. The molecule has 0 aliphatic carbocycles. The largest absolute Gasteiger partial charge is 0.497 e. The van der Waals surface area contributed by atoms with E-state index in [0.29, 0.717) is 30.3 Å². The number of carbonyl (C=O) groups excluding carboxylic acids is 1. The van der Waals surface area contributed by atoms with Crippen molar-refractivity contribution in [2.45, 2.75) is 6.92 Å². The van der Waals surface area contributed by atoms with Crippen LogP contribution in [0.15, 0.2) is 18.2 Å². The summed E-state index contributed by atoms with van der Waals surface area (Å²) >= 11 is 1.40. The first kappa shape index (κ1) is 15.6. The van der Waals surface area contributed by atoms with E-state index in [9.17, 15) is 4.79 Å². The molecule has 114 valence electrons. The molecule has 2 N–H and O–H groups in total. The van der Waals surface area contributed by atoms with Crippen molar-refractivity contribution in [1.82, 2.24) is 4.90 Å². The molecule has 1 amide bonds. The van der Waals surface area contributed by atoms with E-state index in [1.54, 1.807) is 19.1 Å². The summed E-state index contributed by atoms with van der Waals surface area (Å²) in [6, 6.07) is 5.64. The van der Waals surface area contributed by atoms with Gasteiger partial charge in [0.25, 0.3) is 5.91 Å². The number of thiophene rings is 1. The zero-order valence-corrected chi connectivity index (χ0v) is 13.3. The monoisotopic (exact) mass is 308 g/mol. The van der Waals surface area contributed by atoms with E-state index >= 15 is 0 Å². The summed E-state index contributed by atoms with van der Waals surface area (Å²) in [4.78, 5) is 14.9. The first-order chi connectivity index (χ1) is 10.1. The second-order valence-electron chi connectivity index (χ2n) is 4.58. The molecule has 2 rings (SSSR count). The Hall–Kier alpha value is -1.79. The van der Waals surface area contributed by atoms with E-state index in [-0.39, 0.29) is 5.91 Å². The van der Waals surface area contributed by atoms with Crippen LogP contribution in [-0.2, 0) is 4.74 Å². The molecule has 6 heteroatoms. The fraction of sp³-hybridized carbons (Fsp3) is 0.400. The third-order valence-corrected chi connectivity index (χ3v) is 4.52. The molecule has 0 aliphatic rings. The molecule has 0 atom stereocenters. The molecule has 0 spiro atoms. The van der Waals surface area contributed by atoms with Crippen LogP contribution in [0, 0.1) is 0 Å². The van der Waals surface area contributed by atoms with Gasteiger partial charge >= 0.3 is 0 Å². The van der Waals surface area contributed by atoms with Crippen LogP contribution < -0.4 is 10.5 Å². The van der Waals surface area contributed by atoms with Gasteiger partial charge in [-0.15, -0.1) is 11.3 Å². The summed E-state index contributed by atoms with van der Waals surface area (Å²) in [5.74, 6) is 0.710. The Morgan fingerprint density at radius 2 is 2.14 bits per heavy atom. The number of anilines is 1. The molecule has 1 aromatic carbocycles. The lowest BCUT2D eigenvalue weighted by molar-refractivity contribution is 0.0712. The highest BCUT2D eigenvalue weighted by Gasteiger charge is 2.21. The van der Waals surface area contributed by atoms with Crippen LogP contribution in [0.2, 0.25) is 0 Å². The lowest BCUT2D eigenvalue weighted by Gasteiger charge is -2.19. The van der Waals surface area contributed by atoms with Crippen molar-refractivity contribution in [3.8, 4) is 5.75 Å². The average Bonchev–Trinajstić information content (AvgIpc) is 2.84. The topological polar surface area (TPSA) is 64.8 Å². The van der Waals surface area contributed by atoms with Gasteiger partial charge in [-0.1, -0.05) is 0 Å². The molecule has 0 saturated heterocycles. The summed E-state index contributed by atoms with van der Waals surface area (Å²) in [6.07, 6.45) is 0. The van der Waals surface area contributed by atoms with Crippen LogP contribution in [0.5, 0.6) is 5.75 Å². The maximum Gasteiger partial charge on any atom is 0.266 e. The van der Waals surface area contributed by atoms with E-state index in [1.165, 1.54) is 11.3 Å². The van der Waals surface area contributed by atoms with E-state index in [2.05, 4.69) is 0 Å². The normalized spacial score (nSPS) is 10.8. The minimum Gasteiger partial charge on any atom is -0.497 e. The molecule has 0 unspecified atom stereocenters. The van der Waals surface area contributed by atoms with Crippen molar-refractivity contribution in [2.24, 2.45) is 0 Å². The molecular weight excluding hydrogens is 288 g/mol. The summed E-state index contributed by atoms with van der Waals surface area (Å²) in [6.45, 7) is 3.64. The van der Waals surface area contributed by atoms with Crippen LogP contribution in [0.25, 0.3) is 10.1 Å². The van der Waals surface area contributed by atoms with E-state index in [0.717, 1.165) is 15.8 Å². The lowest BCUT2D eigenvalue weighted by atomic mass is 10.2. The van der Waals surface area contributed by atoms with Crippen LogP contribution in [0.1, 0.15) is 16.6 Å². The number of hydrogen-bond donors (Lipinski definition) is 1. The van der Waals surface area contributed by atoms with Crippen LogP contribution in [0.4, 0.5) is 5.69 Å². The zero-order chi connectivity index (χ0) is 15.4. The third-order valence-electron chi connectivity index (χ3n) is 3.36. The summed E-state index contributed by atoms with van der Waals surface area (Å²) < 4.78 is 11.2. The molecule has 1 heterocycles. The van der Waals surface area contributed by atoms with Gasteiger partial charge in [0.15, 0.2) is 0 Å². The number of methoxy groups -OCH3 is 2. The van der Waals surface area contributed by atoms with Crippen molar-refractivity contribution in [2.75, 3.05) is 39.6 Å². The van der Waals surface area contributed by atoms with Crippen LogP contribution in [0.3, 0.4) is 0 Å². The Labute approximate surface area is 128 Å². The summed E-state index contributed by atoms with van der Waals surface area (Å²) in [7, 11) is 3.24. The summed E-state index contributed by atoms with van der Waals surface area (Å²) in [5, 5.41) is 0.895. The first-order valence-electron chi connectivity index (χ1n) is 6.76. The van der Waals surface area contributed by atoms with Crippen molar-refractivity contribution < 1.29 is 14.3 Å². The Morgan fingerprint density at radius 3 is 2.76 bits per heavy atom. The van der Waals surface area contributed by atoms with Gasteiger partial charge in [0.05, 0.1) is 19.4 Å². The highest BCUT2D eigenvalue weighted by molar-refractivity contribution is 7.21. The predicted molar refractivity (Wildman–Crippen MR) is 86.2 cm³/mol. The minimum absolute atomic E-state index is 0.0489. The van der Waals surface area contributed by atoms with Crippen molar-refractivity contribution in [1.29, 1.82) is 0 Å². The van der Waals surface area contributed by atoms with Gasteiger partial charge < -0.3 is 20.1 Å². The van der Waals surface area contributed by atoms with Crippen LogP contribution >= 0.6 is 11.3 Å². The van der Waals surface area contributed by atoms with Gasteiger partial charge in [0.2, 0.25) is 0 Å². The fourth-order valence-corrected chi connectivity index (χ4v) is 3.25. The van der Waals surface area contributed by atoms with Gasteiger partial charge in [-0.25, -0.2) is 0 Å². The van der Waals surface area contributed by atoms with Gasteiger partial charge in [-0.2, -0.15) is 0 Å². The minimum atomic E-state index is -0.0489. The molecule has 0 radical (unpaired) electrons. The third kappa shape index (κ3) is 3.11. The highest BCUT2D eigenvalue weighted by atomic mass is 32.1. The molecule has 5 nitrogen and oxygen atoms in total. The lowest BCUT2D eigenvalue weighted by Crippen LogP contribution is -2.33. The number of rotatable bonds is 6. The fourth-order valence-electron chi connectivity index (χ4n) is 2.13. The van der Waals surface area contributed by atoms with Gasteiger partial charge in [-0.05, 0) is 25.1 Å². The van der Waals surface area contributed by atoms with Gasteiger partial charge in [0, 0.05) is 30.3 Å². The number of nitrogens with two attached hydrogens (primary N) is 1. The van der Waals surface area contributed by atoms with Gasteiger partial charge in [0.1, 0.15) is 10.6 Å². The number of hydrogen-bond acceptors (Lipinski definition) is 5. The van der Waals surface area contributed by atoms with Crippen LogP contribution in [-0.4, -0.2) is 44.7 Å². The molecule has 0 saturated carbocycles. The number of nitrogens with zero attached hydrogens (tertiary/aromatic N) is 1. The molecule has 0 aliphatic heterocycles. The van der Waals surface area contributed by atoms with E-state index in [1.807, 2.05) is 25.1 Å². The first-order valence-corrected chi connectivity index (χ1v) is 7.58. The van der Waals surface area contributed by atoms with Gasteiger partial charge in [-0.3, -0.25) is 4.79 Å². The number of carbonyl (C=O) groups is 1. The van der Waals surface area contributed by atoms with Crippen molar-refractivity contribution in [3.05, 3.63) is 23.1 Å². The molecule has 21 heavy (non-hydrogen) atoms. The molecule has 0 fully saturated rings.